The average molecular weight is 199 g/mol. The van der Waals surface area contributed by atoms with Gasteiger partial charge in [0, 0.05) is 32.8 Å². The first-order chi connectivity index (χ1) is 6.90. The van der Waals surface area contributed by atoms with Crippen molar-refractivity contribution in [1.29, 1.82) is 0 Å². The van der Waals surface area contributed by atoms with Crippen LogP contribution in [0.2, 0.25) is 0 Å². The van der Waals surface area contributed by atoms with Crippen LogP contribution in [-0.2, 0) is 9.10 Å². The van der Waals surface area contributed by atoms with E-state index in [0.29, 0.717) is 6.10 Å². The highest BCUT2D eigenvalue weighted by Crippen LogP contribution is 2.29. The Labute approximate surface area is 87.3 Å². The standard InChI is InChI=1S/C12H23O2/c1-13-11-7-9-14-8-5-3-2-4-6-12(14)10-11/h11-12H,2-10H2,1H3/q+1. The van der Waals surface area contributed by atoms with Gasteiger partial charge in [-0.3, -0.25) is 0 Å². The number of hydrogen-bond acceptors (Lipinski definition) is 1. The predicted molar refractivity (Wildman–Crippen MR) is 57.7 cm³/mol. The second-order valence-electron chi connectivity index (χ2n) is 4.65. The lowest BCUT2D eigenvalue weighted by Gasteiger charge is -2.36. The van der Waals surface area contributed by atoms with E-state index in [0.717, 1.165) is 6.10 Å². The topological polar surface area (TPSA) is 11.9 Å². The highest BCUT2D eigenvalue weighted by atomic mass is 16.7. The van der Waals surface area contributed by atoms with Gasteiger partial charge in [-0.25, -0.2) is 0 Å². The number of ether oxygens (including phenoxy) is 1. The predicted octanol–water partition coefficient (Wildman–Crippen LogP) is 2.68. The van der Waals surface area contributed by atoms with Crippen LogP contribution >= 0.6 is 0 Å². The minimum absolute atomic E-state index is 0.517. The third kappa shape index (κ3) is 2.48. The second kappa shape index (κ2) is 5.13. The maximum Gasteiger partial charge on any atom is 0.158 e. The van der Waals surface area contributed by atoms with Crippen LogP contribution in [0.15, 0.2) is 0 Å². The average Bonchev–Trinajstić information content (AvgIpc) is 2.18. The minimum Gasteiger partial charge on any atom is -0.420 e. The quantitative estimate of drug-likeness (QED) is 0.591. The van der Waals surface area contributed by atoms with E-state index in [-0.39, 0.29) is 0 Å². The third-order valence-corrected chi connectivity index (χ3v) is 3.72. The Morgan fingerprint density at radius 2 is 1.86 bits per heavy atom. The molecule has 2 unspecified atom stereocenters. The van der Waals surface area contributed by atoms with Gasteiger partial charge in [0.1, 0.15) is 13.2 Å². The zero-order valence-electron chi connectivity index (χ0n) is 9.34. The molecule has 2 rings (SSSR count). The largest absolute Gasteiger partial charge is 0.420 e. The van der Waals surface area contributed by atoms with Gasteiger partial charge in [0.05, 0.1) is 6.10 Å². The highest BCUT2D eigenvalue weighted by molar-refractivity contribution is 4.76. The summed E-state index contributed by atoms with van der Waals surface area (Å²) in [7, 11) is 1.86. The van der Waals surface area contributed by atoms with E-state index in [1.807, 2.05) is 7.11 Å². The summed E-state index contributed by atoms with van der Waals surface area (Å²) in [5, 5.41) is 0. The van der Waals surface area contributed by atoms with Crippen molar-refractivity contribution < 1.29 is 9.10 Å². The lowest BCUT2D eigenvalue weighted by molar-refractivity contribution is -0.236. The Hall–Kier alpha value is -0.0800. The van der Waals surface area contributed by atoms with E-state index in [4.69, 9.17) is 4.74 Å². The van der Waals surface area contributed by atoms with Crippen LogP contribution in [0.1, 0.15) is 44.9 Å². The first kappa shape index (κ1) is 10.4. The molecule has 82 valence electrons. The summed E-state index contributed by atoms with van der Waals surface area (Å²) in [6.07, 6.45) is 10.7. The molecule has 0 aromatic rings. The molecule has 0 aromatic carbocycles. The first-order valence-electron chi connectivity index (χ1n) is 6.09. The zero-order valence-corrected chi connectivity index (χ0v) is 9.34. The molecule has 0 N–H and O–H groups in total. The molecule has 2 heteroatoms. The zero-order chi connectivity index (χ0) is 9.80. The molecule has 2 nitrogen and oxygen atoms in total. The molecule has 2 saturated heterocycles. The van der Waals surface area contributed by atoms with Gasteiger partial charge in [-0.2, -0.15) is 0 Å². The molecule has 0 amide bonds. The van der Waals surface area contributed by atoms with Gasteiger partial charge in [0.2, 0.25) is 0 Å². The van der Waals surface area contributed by atoms with E-state index in [2.05, 4.69) is 4.37 Å². The monoisotopic (exact) mass is 199 g/mol. The summed E-state index contributed by atoms with van der Waals surface area (Å²) in [5.74, 6) is 0. The minimum atomic E-state index is 0.517. The fourth-order valence-electron chi connectivity index (χ4n) is 2.78. The maximum absolute atomic E-state index is 5.47. The molecule has 0 aromatic heterocycles. The van der Waals surface area contributed by atoms with Crippen LogP contribution in [0.25, 0.3) is 0 Å². The van der Waals surface area contributed by atoms with Crippen LogP contribution in [0, 0.1) is 0 Å². The SMILES string of the molecule is COC1CC[O+]2CCCCCCC2C1. The van der Waals surface area contributed by atoms with Crippen LogP contribution in [0.4, 0.5) is 0 Å². The Morgan fingerprint density at radius 1 is 1.00 bits per heavy atom. The van der Waals surface area contributed by atoms with Gasteiger partial charge < -0.3 is 9.10 Å². The lowest BCUT2D eigenvalue weighted by Crippen LogP contribution is -2.40. The molecule has 0 radical (unpaired) electrons. The summed E-state index contributed by atoms with van der Waals surface area (Å²) in [5.41, 5.74) is 0. The van der Waals surface area contributed by atoms with Crippen molar-refractivity contribution in [3.05, 3.63) is 0 Å². The van der Waals surface area contributed by atoms with Gasteiger partial charge in [-0.15, -0.1) is 0 Å². The van der Waals surface area contributed by atoms with Crippen LogP contribution < -0.4 is 0 Å². The number of methoxy groups -OCH3 is 1. The Bertz CT molecular complexity index is 170. The van der Waals surface area contributed by atoms with E-state index >= 15 is 0 Å². The molecule has 0 spiro atoms. The Morgan fingerprint density at radius 3 is 2.71 bits per heavy atom. The van der Waals surface area contributed by atoms with Crippen LogP contribution in [0.5, 0.6) is 0 Å². The summed E-state index contributed by atoms with van der Waals surface area (Å²) in [6.45, 7) is 2.43. The van der Waals surface area contributed by atoms with Crippen molar-refractivity contribution >= 4 is 0 Å². The van der Waals surface area contributed by atoms with E-state index in [1.165, 1.54) is 58.2 Å². The van der Waals surface area contributed by atoms with E-state index < -0.39 is 0 Å². The molecule has 2 heterocycles. The maximum atomic E-state index is 5.47. The fraction of sp³-hybridized carbons (Fsp3) is 1.00. The van der Waals surface area contributed by atoms with E-state index in [1.54, 1.807) is 0 Å². The Balaban J connectivity index is 1.89. The molecular formula is C12H23O2+. The first-order valence-corrected chi connectivity index (χ1v) is 6.09. The van der Waals surface area contributed by atoms with Crippen molar-refractivity contribution in [1.82, 2.24) is 0 Å². The molecule has 2 atom stereocenters. The molecular weight excluding hydrogens is 176 g/mol. The summed E-state index contributed by atoms with van der Waals surface area (Å²) in [4.78, 5) is 0. The fourth-order valence-corrected chi connectivity index (χ4v) is 2.78. The molecule has 2 fully saturated rings. The normalized spacial score (nSPS) is 35.8. The van der Waals surface area contributed by atoms with Crippen LogP contribution in [-0.4, -0.2) is 32.5 Å². The van der Waals surface area contributed by atoms with Gasteiger partial charge >= 0.3 is 0 Å². The van der Waals surface area contributed by atoms with Gasteiger partial charge in [0.15, 0.2) is 6.10 Å². The van der Waals surface area contributed by atoms with Gasteiger partial charge in [0.25, 0.3) is 0 Å². The second-order valence-corrected chi connectivity index (χ2v) is 4.65. The molecule has 0 saturated carbocycles. The molecule has 2 aliphatic rings. The van der Waals surface area contributed by atoms with E-state index in [9.17, 15) is 0 Å². The Kier molecular flexibility index (Phi) is 3.82. The van der Waals surface area contributed by atoms with Crippen molar-refractivity contribution in [2.45, 2.75) is 57.2 Å². The van der Waals surface area contributed by atoms with Crippen LogP contribution in [0.3, 0.4) is 0 Å². The van der Waals surface area contributed by atoms with Gasteiger partial charge in [-0.1, -0.05) is 6.42 Å². The van der Waals surface area contributed by atoms with Crippen molar-refractivity contribution in [2.24, 2.45) is 0 Å². The number of rotatable bonds is 1. The third-order valence-electron chi connectivity index (χ3n) is 3.72. The summed E-state index contributed by atoms with van der Waals surface area (Å²) < 4.78 is 9.01. The molecule has 14 heavy (non-hydrogen) atoms. The highest BCUT2D eigenvalue weighted by Gasteiger charge is 2.33. The van der Waals surface area contributed by atoms with Gasteiger partial charge in [-0.05, 0) is 12.8 Å². The molecule has 0 bridgehead atoms. The molecule has 2 aliphatic heterocycles. The molecule has 0 aliphatic carbocycles. The van der Waals surface area contributed by atoms with Crippen molar-refractivity contribution in [3.8, 4) is 0 Å². The smallest absolute Gasteiger partial charge is 0.158 e. The van der Waals surface area contributed by atoms with Crippen molar-refractivity contribution in [2.75, 3.05) is 20.3 Å². The number of hydrogen-bond donors (Lipinski definition) is 0. The van der Waals surface area contributed by atoms with Crippen molar-refractivity contribution in [3.63, 3.8) is 0 Å². The lowest BCUT2D eigenvalue weighted by atomic mass is 9.98. The summed E-state index contributed by atoms with van der Waals surface area (Å²) >= 11 is 0. The number of fused-ring (bicyclic) bond motifs is 1. The summed E-state index contributed by atoms with van der Waals surface area (Å²) in [6, 6.07) is 0.